The van der Waals surface area contributed by atoms with E-state index in [1.165, 1.54) is 12.4 Å². The van der Waals surface area contributed by atoms with Gasteiger partial charge in [-0.25, -0.2) is 13.9 Å². The van der Waals surface area contributed by atoms with Crippen LogP contribution in [0.3, 0.4) is 0 Å². The van der Waals surface area contributed by atoms with E-state index in [4.69, 9.17) is 4.98 Å². The highest BCUT2D eigenvalue weighted by Crippen LogP contribution is 2.34. The van der Waals surface area contributed by atoms with Crippen molar-refractivity contribution in [2.75, 3.05) is 11.4 Å². The van der Waals surface area contributed by atoms with Crippen LogP contribution in [-0.2, 0) is 4.79 Å². The van der Waals surface area contributed by atoms with Crippen LogP contribution in [0.25, 0.3) is 5.65 Å². The number of hydrogen-bond donors (Lipinski definition) is 1. The zero-order chi connectivity index (χ0) is 21.5. The lowest BCUT2D eigenvalue weighted by Gasteiger charge is -2.30. The number of aliphatic imine (C=N–C) groups is 1. The van der Waals surface area contributed by atoms with Crippen molar-refractivity contribution in [2.24, 2.45) is 4.99 Å². The first-order valence-electron chi connectivity index (χ1n) is 10.8. The Labute approximate surface area is 179 Å². The molecule has 0 bridgehead atoms. The number of nitrogens with zero attached hydrogens (tertiary/aromatic N) is 5. The van der Waals surface area contributed by atoms with Crippen LogP contribution in [0.15, 0.2) is 34.7 Å². The van der Waals surface area contributed by atoms with Gasteiger partial charge in [-0.05, 0) is 37.8 Å². The van der Waals surface area contributed by atoms with E-state index >= 15 is 0 Å². The fourth-order valence-electron chi connectivity index (χ4n) is 4.85. The average molecular weight is 424 g/mol. The highest BCUT2D eigenvalue weighted by molar-refractivity contribution is 6.00. The Balaban J connectivity index is 1.43. The number of carbonyl (C=O) groups excluding carboxylic acids is 2. The van der Waals surface area contributed by atoms with Gasteiger partial charge >= 0.3 is 0 Å². The molecule has 4 heterocycles. The first kappa shape index (κ1) is 19.8. The third-order valence-corrected chi connectivity index (χ3v) is 6.44. The predicted molar refractivity (Wildman–Crippen MR) is 114 cm³/mol. The minimum Gasteiger partial charge on any atom is -0.350 e. The van der Waals surface area contributed by atoms with Gasteiger partial charge in [0.15, 0.2) is 5.65 Å². The molecular weight excluding hydrogens is 399 g/mol. The van der Waals surface area contributed by atoms with Crippen LogP contribution in [-0.4, -0.2) is 57.3 Å². The number of ketones is 1. The molecule has 2 aromatic rings. The molecule has 2 aromatic heterocycles. The smallest absolute Gasteiger partial charge is 0.256 e. The molecule has 1 saturated carbocycles. The van der Waals surface area contributed by atoms with E-state index in [0.717, 1.165) is 36.5 Å². The average Bonchev–Trinajstić information content (AvgIpc) is 3.48. The summed E-state index contributed by atoms with van der Waals surface area (Å²) in [4.78, 5) is 35.5. The molecule has 1 amide bonds. The van der Waals surface area contributed by atoms with E-state index < -0.39 is 6.17 Å². The quantitative estimate of drug-likeness (QED) is 0.815. The van der Waals surface area contributed by atoms with Crippen molar-refractivity contribution in [3.8, 4) is 0 Å². The second-order valence-corrected chi connectivity index (χ2v) is 8.52. The van der Waals surface area contributed by atoms with Crippen molar-refractivity contribution in [3.05, 3.63) is 35.3 Å². The normalized spacial score (nSPS) is 26.3. The maximum absolute atomic E-state index is 14.0. The van der Waals surface area contributed by atoms with Gasteiger partial charge in [-0.2, -0.15) is 5.10 Å². The molecule has 3 aliphatic rings. The summed E-state index contributed by atoms with van der Waals surface area (Å²) >= 11 is 0. The van der Waals surface area contributed by atoms with Crippen LogP contribution in [0.4, 0.5) is 10.2 Å². The predicted octanol–water partition coefficient (Wildman–Crippen LogP) is 2.64. The van der Waals surface area contributed by atoms with Crippen molar-refractivity contribution < 1.29 is 14.0 Å². The van der Waals surface area contributed by atoms with Crippen LogP contribution in [0.5, 0.6) is 0 Å². The van der Waals surface area contributed by atoms with Crippen LogP contribution in [0, 0.1) is 0 Å². The molecule has 1 aliphatic carbocycles. The number of nitrogens with one attached hydrogen (secondary N) is 1. The SMILES string of the molecule is CC1=C(C2CCCN2c2ccn3ncc(C(=O)NC4CCC(=O)C4)c3n2)CC(F)C=N1. The van der Waals surface area contributed by atoms with Gasteiger partial charge in [-0.15, -0.1) is 0 Å². The molecule has 5 rings (SSSR count). The highest BCUT2D eigenvalue weighted by atomic mass is 19.1. The van der Waals surface area contributed by atoms with E-state index in [0.29, 0.717) is 36.9 Å². The number of amides is 1. The fourth-order valence-corrected chi connectivity index (χ4v) is 4.85. The maximum Gasteiger partial charge on any atom is 0.256 e. The van der Waals surface area contributed by atoms with E-state index in [1.54, 1.807) is 10.7 Å². The number of fused-ring (bicyclic) bond motifs is 1. The van der Waals surface area contributed by atoms with E-state index in [2.05, 4.69) is 20.3 Å². The van der Waals surface area contributed by atoms with Gasteiger partial charge in [0.2, 0.25) is 0 Å². The Morgan fingerprint density at radius 1 is 1.29 bits per heavy atom. The van der Waals surface area contributed by atoms with Crippen molar-refractivity contribution >= 4 is 29.4 Å². The molecule has 162 valence electrons. The molecule has 2 aliphatic heterocycles. The summed E-state index contributed by atoms with van der Waals surface area (Å²) in [6, 6.07) is 1.80. The zero-order valence-corrected chi connectivity index (χ0v) is 17.4. The second-order valence-electron chi connectivity index (χ2n) is 8.52. The number of halogens is 1. The maximum atomic E-state index is 14.0. The number of hydrogen-bond acceptors (Lipinski definition) is 6. The summed E-state index contributed by atoms with van der Waals surface area (Å²) in [5.41, 5.74) is 2.76. The first-order chi connectivity index (χ1) is 15.0. The largest absolute Gasteiger partial charge is 0.350 e. The highest BCUT2D eigenvalue weighted by Gasteiger charge is 2.33. The Morgan fingerprint density at radius 3 is 2.97 bits per heavy atom. The lowest BCUT2D eigenvalue weighted by atomic mass is 9.95. The van der Waals surface area contributed by atoms with Crippen LogP contribution >= 0.6 is 0 Å². The molecule has 0 aromatic carbocycles. The van der Waals surface area contributed by atoms with Gasteiger partial charge in [0, 0.05) is 50.0 Å². The number of rotatable bonds is 4. The summed E-state index contributed by atoms with van der Waals surface area (Å²) in [7, 11) is 0. The van der Waals surface area contributed by atoms with Crippen molar-refractivity contribution in [3.63, 3.8) is 0 Å². The standard InChI is InChI=1S/C22H25FN6O2/c1-13-17(9-14(23)11-24-13)19-3-2-7-28(19)20-6-8-29-21(27-20)18(12-25-29)22(31)26-15-4-5-16(30)10-15/h6,8,11-12,14-15,19H,2-5,7,9-10H2,1H3,(H,26,31). The summed E-state index contributed by atoms with van der Waals surface area (Å²) in [5, 5.41) is 7.19. The third kappa shape index (κ3) is 3.73. The lowest BCUT2D eigenvalue weighted by Crippen LogP contribution is -2.34. The number of allylic oxidation sites excluding steroid dienone is 1. The Bertz CT molecular complexity index is 1110. The van der Waals surface area contributed by atoms with Crippen LogP contribution < -0.4 is 10.2 Å². The second kappa shape index (κ2) is 7.86. The topological polar surface area (TPSA) is 92.0 Å². The number of aromatic nitrogens is 3. The van der Waals surface area contributed by atoms with Gasteiger partial charge in [-0.1, -0.05) is 0 Å². The first-order valence-corrected chi connectivity index (χ1v) is 10.8. The Kier molecular flexibility index (Phi) is 5.03. The molecule has 8 nitrogen and oxygen atoms in total. The Morgan fingerprint density at radius 2 is 2.16 bits per heavy atom. The zero-order valence-electron chi connectivity index (χ0n) is 17.4. The summed E-state index contributed by atoms with van der Waals surface area (Å²) in [6.07, 6.45) is 7.45. The molecular formula is C22H25FN6O2. The monoisotopic (exact) mass is 424 g/mol. The van der Waals surface area contributed by atoms with Gasteiger partial charge in [-0.3, -0.25) is 14.6 Å². The van der Waals surface area contributed by atoms with Gasteiger partial charge < -0.3 is 10.2 Å². The van der Waals surface area contributed by atoms with E-state index in [-0.39, 0.29) is 23.8 Å². The van der Waals surface area contributed by atoms with Gasteiger partial charge in [0.05, 0.1) is 12.2 Å². The minimum atomic E-state index is -1.05. The van der Waals surface area contributed by atoms with Gasteiger partial charge in [0.25, 0.3) is 5.91 Å². The molecule has 2 fully saturated rings. The van der Waals surface area contributed by atoms with Crippen LogP contribution in [0.1, 0.15) is 55.8 Å². The molecule has 0 spiro atoms. The van der Waals surface area contributed by atoms with Crippen molar-refractivity contribution in [2.45, 2.75) is 63.7 Å². The molecule has 1 saturated heterocycles. The van der Waals surface area contributed by atoms with E-state index in [9.17, 15) is 14.0 Å². The molecule has 3 unspecified atom stereocenters. The van der Waals surface area contributed by atoms with E-state index in [1.807, 2.05) is 13.0 Å². The molecule has 1 N–H and O–H groups in total. The Hall–Kier alpha value is -3.10. The van der Waals surface area contributed by atoms with Crippen molar-refractivity contribution in [1.29, 1.82) is 0 Å². The number of Topliss-reactive ketones (excluding diaryl/α,β-unsaturated/α-hetero) is 1. The fraction of sp³-hybridized carbons (Fsp3) is 0.500. The molecule has 9 heteroatoms. The number of carbonyl (C=O) groups is 2. The van der Waals surface area contributed by atoms with Crippen molar-refractivity contribution in [1.82, 2.24) is 19.9 Å². The minimum absolute atomic E-state index is 0.0512. The lowest BCUT2D eigenvalue weighted by molar-refractivity contribution is -0.117. The van der Waals surface area contributed by atoms with Crippen LogP contribution in [0.2, 0.25) is 0 Å². The summed E-state index contributed by atoms with van der Waals surface area (Å²) < 4.78 is 15.6. The summed E-state index contributed by atoms with van der Waals surface area (Å²) in [5.74, 6) is 0.654. The third-order valence-electron chi connectivity index (χ3n) is 6.44. The summed E-state index contributed by atoms with van der Waals surface area (Å²) in [6.45, 7) is 2.74. The number of alkyl halides is 1. The number of anilines is 1. The van der Waals surface area contributed by atoms with Gasteiger partial charge in [0.1, 0.15) is 23.3 Å². The molecule has 0 radical (unpaired) electrons. The molecule has 31 heavy (non-hydrogen) atoms. The molecule has 3 atom stereocenters.